The number of rotatable bonds is 14. The molecular weight excluding hydrogens is 633 g/mol. The molecule has 7 heteroatoms. The van der Waals surface area contributed by atoms with Crippen LogP contribution in [-0.2, 0) is 14.2 Å². The van der Waals surface area contributed by atoms with Gasteiger partial charge in [0.15, 0.2) is 0 Å². The van der Waals surface area contributed by atoms with Gasteiger partial charge >= 0.3 is 0 Å². The quantitative estimate of drug-likeness (QED) is 0.181. The smallest absolute Gasteiger partial charge is 0.115 e. The summed E-state index contributed by atoms with van der Waals surface area (Å²) >= 11 is 0. The summed E-state index contributed by atoms with van der Waals surface area (Å²) in [5.74, 6) is 1.52. The van der Waals surface area contributed by atoms with Gasteiger partial charge in [-0.25, -0.2) is 0 Å². The Balaban J connectivity index is 0.000000172. The van der Waals surface area contributed by atoms with Crippen molar-refractivity contribution in [3.05, 3.63) is 66.0 Å². The fourth-order valence-electron chi connectivity index (χ4n) is 8.27. The molecule has 0 amide bonds. The third-order valence-electron chi connectivity index (χ3n) is 11.4. The van der Waals surface area contributed by atoms with Crippen LogP contribution in [0.2, 0.25) is 0 Å². The highest BCUT2D eigenvalue weighted by Gasteiger charge is 2.32. The van der Waals surface area contributed by atoms with Gasteiger partial charge in [-0.1, -0.05) is 95.2 Å². The maximum absolute atomic E-state index is 6.41. The lowest BCUT2D eigenvalue weighted by atomic mass is 9.80. The van der Waals surface area contributed by atoms with Crippen molar-refractivity contribution >= 4 is 0 Å². The third kappa shape index (κ3) is 14.8. The Morgan fingerprint density at radius 1 is 0.608 bits per heavy atom. The Bertz CT molecular complexity index is 1020. The van der Waals surface area contributed by atoms with Gasteiger partial charge in [0.25, 0.3) is 0 Å². The summed E-state index contributed by atoms with van der Waals surface area (Å²) in [4.78, 5) is 4.41. The third-order valence-corrected chi connectivity index (χ3v) is 11.4. The lowest BCUT2D eigenvalue weighted by molar-refractivity contribution is -0.0413. The second-order valence-corrected chi connectivity index (χ2v) is 15.3. The number of ether oxygens (including phenoxy) is 3. The molecule has 3 aliphatic heterocycles. The minimum atomic E-state index is 0.103. The normalized spacial score (nSPS) is 25.2. The minimum absolute atomic E-state index is 0.103. The van der Waals surface area contributed by atoms with E-state index in [4.69, 9.17) is 14.2 Å². The summed E-state index contributed by atoms with van der Waals surface area (Å²) in [5, 5.41) is 10.8. The molecule has 288 valence electrons. The summed E-state index contributed by atoms with van der Waals surface area (Å²) < 4.78 is 18.2. The standard InChI is InChI=1S/C17H33NO.C14H21NO.C13H20N2O/c1-3-14(2)13-19-17(15-9-5-4-6-10-15)16-11-7-8-12-18-16;1-2-16-14(12-8-4-3-5-9-12)13-10-6-7-11-15-13;1-2-16-13(11-7-3-5-9-14-11)12-8-4-6-10-15-12/h14-18H,3-13H2,1-2H3;3-5,8-9,13-15H,2,6-7,10-11H2,1H3;3,5,7,9,12-13,15H,2,4,6,8,10H2,1H3. The highest BCUT2D eigenvalue weighted by molar-refractivity contribution is 5.19. The van der Waals surface area contributed by atoms with E-state index in [-0.39, 0.29) is 12.2 Å². The fraction of sp³-hybridized carbons (Fsp3) is 0.750. The van der Waals surface area contributed by atoms with Crippen LogP contribution >= 0.6 is 0 Å². The van der Waals surface area contributed by atoms with Crippen LogP contribution in [0.25, 0.3) is 0 Å². The summed E-state index contributed by atoms with van der Waals surface area (Å²) in [5.41, 5.74) is 2.34. The van der Waals surface area contributed by atoms with E-state index in [1.54, 1.807) is 0 Å². The monoisotopic (exact) mass is 707 g/mol. The van der Waals surface area contributed by atoms with Crippen molar-refractivity contribution < 1.29 is 14.2 Å². The number of nitrogens with zero attached hydrogens (tertiary/aromatic N) is 1. The molecule has 3 N–H and O–H groups in total. The van der Waals surface area contributed by atoms with Gasteiger partial charge in [-0.2, -0.15) is 0 Å². The maximum atomic E-state index is 6.41. The van der Waals surface area contributed by atoms with Gasteiger partial charge in [0, 0.05) is 44.1 Å². The second-order valence-electron chi connectivity index (χ2n) is 15.3. The first kappa shape index (κ1) is 41.9. The molecule has 4 aliphatic rings. The molecule has 7 atom stereocenters. The van der Waals surface area contributed by atoms with Gasteiger partial charge in [0.1, 0.15) is 6.10 Å². The molecule has 0 spiro atoms. The number of piperidine rings is 3. The molecule has 7 nitrogen and oxygen atoms in total. The van der Waals surface area contributed by atoms with Crippen molar-refractivity contribution in [2.45, 2.75) is 160 Å². The first-order chi connectivity index (χ1) is 25.1. The molecular formula is C44H74N4O3. The lowest BCUT2D eigenvalue weighted by Gasteiger charge is -2.38. The largest absolute Gasteiger partial charge is 0.376 e. The number of hydrogen-bond acceptors (Lipinski definition) is 7. The Kier molecular flexibility index (Phi) is 20.7. The van der Waals surface area contributed by atoms with E-state index < -0.39 is 0 Å². The van der Waals surface area contributed by atoms with Crippen LogP contribution < -0.4 is 16.0 Å². The van der Waals surface area contributed by atoms with Crippen molar-refractivity contribution in [1.82, 2.24) is 20.9 Å². The van der Waals surface area contributed by atoms with E-state index in [1.807, 2.05) is 25.3 Å². The number of hydrogen-bond donors (Lipinski definition) is 3. The van der Waals surface area contributed by atoms with Crippen LogP contribution in [0.3, 0.4) is 0 Å². The van der Waals surface area contributed by atoms with Crippen LogP contribution in [-0.4, -0.2) is 68.7 Å². The highest BCUT2D eigenvalue weighted by Crippen LogP contribution is 2.32. The lowest BCUT2D eigenvalue weighted by Crippen LogP contribution is -2.48. The molecule has 51 heavy (non-hydrogen) atoms. The molecule has 0 radical (unpaired) electrons. The minimum Gasteiger partial charge on any atom is -0.376 e. The van der Waals surface area contributed by atoms with Gasteiger partial charge < -0.3 is 30.2 Å². The van der Waals surface area contributed by atoms with Gasteiger partial charge in [0.2, 0.25) is 0 Å². The molecule has 7 unspecified atom stereocenters. The van der Waals surface area contributed by atoms with Gasteiger partial charge in [-0.15, -0.1) is 0 Å². The van der Waals surface area contributed by atoms with E-state index in [2.05, 4.69) is 78.1 Å². The Morgan fingerprint density at radius 3 is 1.69 bits per heavy atom. The van der Waals surface area contributed by atoms with E-state index in [1.165, 1.54) is 108 Å². The van der Waals surface area contributed by atoms with Gasteiger partial charge in [-0.3, -0.25) is 4.98 Å². The van der Waals surface area contributed by atoms with E-state index in [0.29, 0.717) is 30.1 Å². The Labute approximate surface area is 312 Å². The Morgan fingerprint density at radius 2 is 1.16 bits per heavy atom. The zero-order valence-electron chi connectivity index (χ0n) is 32.8. The average molecular weight is 707 g/mol. The molecule has 1 saturated carbocycles. The Hall–Kier alpha value is -1.87. The van der Waals surface area contributed by atoms with E-state index >= 15 is 0 Å². The molecule has 1 aliphatic carbocycles. The van der Waals surface area contributed by atoms with Crippen molar-refractivity contribution in [3.63, 3.8) is 0 Å². The van der Waals surface area contributed by atoms with Crippen molar-refractivity contribution in [1.29, 1.82) is 0 Å². The van der Waals surface area contributed by atoms with Gasteiger partial charge in [0.05, 0.1) is 17.9 Å². The van der Waals surface area contributed by atoms with Crippen LogP contribution in [0.1, 0.15) is 147 Å². The highest BCUT2D eigenvalue weighted by atomic mass is 16.5. The molecule has 4 heterocycles. The number of nitrogens with one attached hydrogen (secondary N) is 3. The van der Waals surface area contributed by atoms with Crippen molar-refractivity contribution in [2.24, 2.45) is 11.8 Å². The number of aromatic nitrogens is 1. The van der Waals surface area contributed by atoms with Crippen molar-refractivity contribution in [3.8, 4) is 0 Å². The number of benzene rings is 1. The van der Waals surface area contributed by atoms with Crippen LogP contribution in [0.5, 0.6) is 0 Å². The first-order valence-electron chi connectivity index (χ1n) is 21.1. The average Bonchev–Trinajstić information content (AvgIpc) is 3.21. The molecule has 3 saturated heterocycles. The van der Waals surface area contributed by atoms with Crippen LogP contribution in [0.15, 0.2) is 54.7 Å². The SMILES string of the molecule is CCC(C)COC(C1CCCCC1)C1CCCCN1.CCOC(c1ccccc1)C1CCCCN1.CCOC(c1ccccn1)C1CCCCN1. The molecule has 1 aromatic carbocycles. The number of pyridine rings is 1. The second kappa shape index (κ2) is 25.2. The topological polar surface area (TPSA) is 76.7 Å². The predicted molar refractivity (Wildman–Crippen MR) is 212 cm³/mol. The van der Waals surface area contributed by atoms with Crippen LogP contribution in [0.4, 0.5) is 0 Å². The molecule has 6 rings (SSSR count). The summed E-state index contributed by atoms with van der Waals surface area (Å²) in [6, 6.07) is 18.1. The summed E-state index contributed by atoms with van der Waals surface area (Å²) in [6.45, 7) is 14.6. The first-order valence-corrected chi connectivity index (χ1v) is 21.1. The molecule has 2 aromatic rings. The molecule has 1 aromatic heterocycles. The summed E-state index contributed by atoms with van der Waals surface area (Å²) in [6.07, 6.45) is 22.5. The van der Waals surface area contributed by atoms with Crippen molar-refractivity contribution in [2.75, 3.05) is 39.5 Å². The molecule has 0 bridgehead atoms. The van der Waals surface area contributed by atoms with E-state index in [9.17, 15) is 0 Å². The van der Waals surface area contributed by atoms with Gasteiger partial charge in [-0.05, 0) is 114 Å². The predicted octanol–water partition coefficient (Wildman–Crippen LogP) is 9.35. The zero-order valence-corrected chi connectivity index (χ0v) is 32.8. The fourth-order valence-corrected chi connectivity index (χ4v) is 8.27. The summed E-state index contributed by atoms with van der Waals surface area (Å²) in [7, 11) is 0. The van der Waals surface area contributed by atoms with Crippen LogP contribution in [0, 0.1) is 11.8 Å². The maximum Gasteiger partial charge on any atom is 0.115 e. The zero-order chi connectivity index (χ0) is 35.9. The van der Waals surface area contributed by atoms with E-state index in [0.717, 1.165) is 44.5 Å². The molecule has 4 fully saturated rings.